The SMILES string of the molecule is c1cc2cc(c1)NC1=NCCN=C(Nc3ccccc3COC2)Nc2ccccc2COCc2ccccc2N1. The fourth-order valence-corrected chi connectivity index (χ4v) is 4.66. The Balaban J connectivity index is 1.41. The van der Waals surface area contributed by atoms with Crippen molar-refractivity contribution in [1.82, 2.24) is 0 Å². The van der Waals surface area contributed by atoms with Crippen LogP contribution in [0.25, 0.3) is 0 Å². The van der Waals surface area contributed by atoms with Gasteiger partial charge in [-0.25, -0.2) is 0 Å². The molecule has 0 saturated heterocycles. The summed E-state index contributed by atoms with van der Waals surface area (Å²) in [6.45, 7) is 2.79. The molecule has 0 saturated carbocycles. The van der Waals surface area contributed by atoms with Crippen LogP contribution in [0.4, 0.5) is 22.7 Å². The third-order valence-corrected chi connectivity index (χ3v) is 6.68. The number of benzene rings is 4. The number of anilines is 4. The monoisotopic (exact) mass is 532 g/mol. The van der Waals surface area contributed by atoms with Crippen LogP contribution in [0.15, 0.2) is 107 Å². The van der Waals surface area contributed by atoms with Crippen molar-refractivity contribution in [2.75, 3.05) is 34.4 Å². The molecule has 2 aliphatic heterocycles. The van der Waals surface area contributed by atoms with Crippen LogP contribution in [0.5, 0.6) is 0 Å². The molecule has 0 aliphatic carbocycles. The Kier molecular flexibility index (Phi) is 7.98. The summed E-state index contributed by atoms with van der Waals surface area (Å²) in [4.78, 5) is 9.74. The predicted octanol–water partition coefficient (Wildman–Crippen LogP) is 6.21. The fraction of sp³-hybridized carbons (Fsp3) is 0.188. The van der Waals surface area contributed by atoms with E-state index in [2.05, 4.69) is 51.6 Å². The van der Waals surface area contributed by atoms with E-state index in [1.54, 1.807) is 0 Å². The molecule has 2 heterocycles. The number of fused-ring (bicyclic) bond motifs is 8. The smallest absolute Gasteiger partial charge is 0.200 e. The lowest BCUT2D eigenvalue weighted by molar-refractivity contribution is 0.107. The molecule has 8 nitrogen and oxygen atoms in total. The van der Waals surface area contributed by atoms with Crippen LogP contribution in [0.1, 0.15) is 22.3 Å². The number of ether oxygens (including phenoxy) is 2. The summed E-state index contributed by atoms with van der Waals surface area (Å²) >= 11 is 0. The second-order valence-corrected chi connectivity index (χ2v) is 9.62. The van der Waals surface area contributed by atoms with Gasteiger partial charge in [-0.2, -0.15) is 0 Å². The van der Waals surface area contributed by atoms with Gasteiger partial charge in [0.1, 0.15) is 0 Å². The normalized spacial score (nSPS) is 15.8. The number of guanidine groups is 2. The van der Waals surface area contributed by atoms with Crippen molar-refractivity contribution in [1.29, 1.82) is 0 Å². The van der Waals surface area contributed by atoms with Gasteiger partial charge in [0.25, 0.3) is 0 Å². The van der Waals surface area contributed by atoms with E-state index in [0.717, 1.165) is 45.0 Å². The Morgan fingerprint density at radius 2 is 0.950 bits per heavy atom. The molecule has 40 heavy (non-hydrogen) atoms. The second kappa shape index (κ2) is 12.5. The van der Waals surface area contributed by atoms with Crippen molar-refractivity contribution < 1.29 is 9.47 Å². The van der Waals surface area contributed by atoms with Gasteiger partial charge in [0.15, 0.2) is 11.9 Å². The van der Waals surface area contributed by atoms with E-state index in [1.807, 2.05) is 66.7 Å². The highest BCUT2D eigenvalue weighted by Crippen LogP contribution is 2.23. The van der Waals surface area contributed by atoms with E-state index in [4.69, 9.17) is 19.5 Å². The van der Waals surface area contributed by atoms with Crippen molar-refractivity contribution >= 4 is 34.7 Å². The highest BCUT2D eigenvalue weighted by atomic mass is 16.5. The number of hydrogen-bond donors (Lipinski definition) is 4. The average molecular weight is 533 g/mol. The molecule has 4 aromatic rings. The number of rotatable bonds is 0. The lowest BCUT2D eigenvalue weighted by atomic mass is 10.1. The van der Waals surface area contributed by atoms with Crippen LogP contribution in [-0.2, 0) is 35.9 Å². The first kappa shape index (κ1) is 25.6. The topological polar surface area (TPSA) is 91.3 Å². The maximum atomic E-state index is 6.21. The Bertz CT molecular complexity index is 1530. The summed E-state index contributed by atoms with van der Waals surface area (Å²) in [5, 5.41) is 14.0. The van der Waals surface area contributed by atoms with E-state index in [1.165, 1.54) is 0 Å². The number of nitrogens with one attached hydrogen (secondary N) is 4. The van der Waals surface area contributed by atoms with Crippen LogP contribution in [0.3, 0.4) is 0 Å². The molecule has 4 bridgehead atoms. The molecule has 8 heteroatoms. The Hall–Kier alpha value is -4.66. The first-order valence-electron chi connectivity index (χ1n) is 13.5. The van der Waals surface area contributed by atoms with Gasteiger partial charge in [-0.05, 0) is 35.9 Å². The maximum absolute atomic E-state index is 6.21. The number of nitrogens with zero attached hydrogens (tertiary/aromatic N) is 2. The Morgan fingerprint density at radius 3 is 1.50 bits per heavy atom. The first-order chi connectivity index (χ1) is 19.8. The maximum Gasteiger partial charge on any atom is 0.200 e. The summed E-state index contributed by atoms with van der Waals surface area (Å²) in [7, 11) is 0. The average Bonchev–Trinajstić information content (AvgIpc) is 2.97. The minimum atomic E-state index is 0.446. The van der Waals surface area contributed by atoms with Crippen molar-refractivity contribution in [2.45, 2.75) is 26.4 Å². The molecule has 202 valence electrons. The predicted molar refractivity (Wildman–Crippen MR) is 162 cm³/mol. The lowest BCUT2D eigenvalue weighted by Gasteiger charge is -2.18. The second-order valence-electron chi connectivity index (χ2n) is 9.62. The summed E-state index contributed by atoms with van der Waals surface area (Å²) in [5.41, 5.74) is 7.93. The summed E-state index contributed by atoms with van der Waals surface area (Å²) in [6, 6.07) is 32.6. The fourth-order valence-electron chi connectivity index (χ4n) is 4.66. The van der Waals surface area contributed by atoms with E-state index in [9.17, 15) is 0 Å². The molecule has 4 N–H and O–H groups in total. The molecule has 0 radical (unpaired) electrons. The van der Waals surface area contributed by atoms with Crippen molar-refractivity contribution in [3.63, 3.8) is 0 Å². The molecule has 0 amide bonds. The minimum absolute atomic E-state index is 0.446. The number of aliphatic imine (C=N–C) groups is 2. The first-order valence-corrected chi connectivity index (χ1v) is 13.5. The third-order valence-electron chi connectivity index (χ3n) is 6.68. The van der Waals surface area contributed by atoms with Crippen LogP contribution in [0, 0.1) is 0 Å². The molecule has 0 unspecified atom stereocenters. The van der Waals surface area contributed by atoms with Crippen molar-refractivity contribution in [2.24, 2.45) is 9.98 Å². The zero-order valence-electron chi connectivity index (χ0n) is 22.2. The summed E-state index contributed by atoms with van der Waals surface area (Å²) in [6.07, 6.45) is 0. The van der Waals surface area contributed by atoms with E-state index < -0.39 is 0 Å². The Labute approximate surface area is 234 Å². The van der Waals surface area contributed by atoms with Gasteiger partial charge in [-0.1, -0.05) is 66.7 Å². The minimum Gasteiger partial charge on any atom is -0.372 e. The Morgan fingerprint density at radius 1 is 0.475 bits per heavy atom. The van der Waals surface area contributed by atoms with Gasteiger partial charge >= 0.3 is 0 Å². The third kappa shape index (κ3) is 6.48. The van der Waals surface area contributed by atoms with Gasteiger partial charge in [0.05, 0.1) is 39.5 Å². The molecule has 0 aromatic heterocycles. The van der Waals surface area contributed by atoms with E-state index in [0.29, 0.717) is 51.4 Å². The quantitative estimate of drug-likeness (QED) is 0.215. The summed E-state index contributed by atoms with van der Waals surface area (Å²) < 4.78 is 12.4. The zero-order valence-corrected chi connectivity index (χ0v) is 22.2. The highest BCUT2D eigenvalue weighted by molar-refractivity contribution is 6.05. The van der Waals surface area contributed by atoms with Crippen LogP contribution in [-0.4, -0.2) is 25.0 Å². The lowest BCUT2D eigenvalue weighted by Crippen LogP contribution is -2.25. The molecule has 4 aromatic carbocycles. The van der Waals surface area contributed by atoms with Crippen molar-refractivity contribution in [3.8, 4) is 0 Å². The molecule has 6 rings (SSSR count). The van der Waals surface area contributed by atoms with Crippen LogP contribution < -0.4 is 21.3 Å². The van der Waals surface area contributed by atoms with Gasteiger partial charge in [0.2, 0.25) is 0 Å². The number of para-hydroxylation sites is 3. The highest BCUT2D eigenvalue weighted by Gasteiger charge is 2.12. The van der Waals surface area contributed by atoms with E-state index >= 15 is 0 Å². The molecular weight excluding hydrogens is 500 g/mol. The van der Waals surface area contributed by atoms with E-state index in [-0.39, 0.29) is 0 Å². The molecular formula is C32H32N6O2. The van der Waals surface area contributed by atoms with Gasteiger partial charge in [-0.3, -0.25) is 9.98 Å². The van der Waals surface area contributed by atoms with Crippen LogP contribution in [0.2, 0.25) is 0 Å². The molecule has 0 spiro atoms. The van der Waals surface area contributed by atoms with Crippen molar-refractivity contribution in [3.05, 3.63) is 119 Å². The number of hydrogen-bond acceptors (Lipinski definition) is 8. The molecule has 0 atom stereocenters. The standard InChI is InChI=1S/C32H32N6O2/c1-5-14-29-24(9-1)20-39-19-23-8-7-12-27(18-23)35-31-33-16-17-34-32(37-29)38-30-15-6-3-11-26(30)22-40-21-25-10-2-4-13-28(25)36-31/h1-15,18H,16-17,19-22H2,(H2,33,35,36)(H2,34,37,38). The summed E-state index contributed by atoms with van der Waals surface area (Å²) in [5.74, 6) is 1.27. The molecule has 2 aliphatic rings. The van der Waals surface area contributed by atoms with Crippen LogP contribution >= 0.6 is 0 Å². The van der Waals surface area contributed by atoms with Gasteiger partial charge in [0, 0.05) is 39.4 Å². The molecule has 0 fully saturated rings. The van der Waals surface area contributed by atoms with Gasteiger partial charge in [-0.15, -0.1) is 0 Å². The van der Waals surface area contributed by atoms with Gasteiger partial charge < -0.3 is 30.7 Å². The zero-order chi connectivity index (χ0) is 27.0. The largest absolute Gasteiger partial charge is 0.372 e.